The van der Waals surface area contributed by atoms with Crippen LogP contribution in [0.2, 0.25) is 0 Å². The molecule has 35 heavy (non-hydrogen) atoms. The first-order chi connectivity index (χ1) is 16.9. The lowest BCUT2D eigenvalue weighted by Crippen LogP contribution is -2.50. The van der Waals surface area contributed by atoms with Crippen molar-refractivity contribution in [2.75, 3.05) is 26.2 Å². The summed E-state index contributed by atoms with van der Waals surface area (Å²) >= 11 is 7.10. The minimum atomic E-state index is 1.11. The molecule has 2 aromatic rings. The van der Waals surface area contributed by atoms with Crippen molar-refractivity contribution in [2.24, 2.45) is 0 Å². The van der Waals surface area contributed by atoms with E-state index in [0.717, 1.165) is 16.5 Å². The highest BCUT2D eigenvalue weighted by atomic mass is 127. The molecule has 0 saturated heterocycles. The van der Waals surface area contributed by atoms with Gasteiger partial charge >= 0.3 is 0 Å². The Morgan fingerprint density at radius 1 is 0.657 bits per heavy atom. The quantitative estimate of drug-likeness (QED) is 0.0935. The second kappa shape index (κ2) is 20.5. The zero-order valence-electron chi connectivity index (χ0n) is 22.6. The minimum absolute atomic E-state index is 1.11. The lowest BCUT2D eigenvalue weighted by molar-refractivity contribution is -0.929. The van der Waals surface area contributed by atoms with Crippen LogP contribution in [0.4, 0.5) is 0 Å². The molecule has 0 atom stereocenters. The van der Waals surface area contributed by atoms with Gasteiger partial charge in [0.25, 0.3) is 0 Å². The number of unbranched alkanes of at least 4 members (excludes halogenated alkanes) is 4. The molecule has 2 rings (SSSR count). The Hall–Kier alpha value is 0.520. The van der Waals surface area contributed by atoms with Gasteiger partial charge in [-0.3, -0.25) is 0 Å². The number of quaternary nitrogens is 1. The van der Waals surface area contributed by atoms with Crippen molar-refractivity contribution < 1.29 is 4.48 Å². The van der Waals surface area contributed by atoms with Crippen LogP contribution in [0.3, 0.4) is 0 Å². The van der Waals surface area contributed by atoms with Crippen molar-refractivity contribution in [3.8, 4) is 0 Å². The predicted molar refractivity (Wildman–Crippen MR) is 180 cm³/mol. The van der Waals surface area contributed by atoms with Crippen LogP contribution < -0.4 is 0 Å². The number of halogens is 3. The maximum atomic E-state index is 4.38. The van der Waals surface area contributed by atoms with Gasteiger partial charge in [-0.15, -0.1) is 0 Å². The molecule has 0 saturated carbocycles. The van der Waals surface area contributed by atoms with Gasteiger partial charge in [0.15, 0.2) is 0 Å². The minimum Gasteiger partial charge on any atom is -0.324 e. The van der Waals surface area contributed by atoms with Crippen LogP contribution in [0.1, 0.15) is 96.6 Å². The third-order valence-electron chi connectivity index (χ3n) is 6.70. The highest BCUT2D eigenvalue weighted by molar-refractivity contribution is 14.1. The largest absolute Gasteiger partial charge is 0.324 e. The molecule has 0 spiro atoms. The van der Waals surface area contributed by atoms with E-state index in [1.165, 1.54) is 107 Å². The van der Waals surface area contributed by atoms with Crippen LogP contribution in [-0.4, -0.2) is 35.6 Å². The highest BCUT2D eigenvalue weighted by Gasteiger charge is 2.24. The second-order valence-corrected chi connectivity index (χ2v) is 12.9. The standard InChI is InChI=1S/C16H36N.C14H12I3N/c1-5-9-13-17(14-10-6-2,15-11-7-3)16-12-8-4;15-12-9-18-14(17)13(16)11(12)8-4-7-10-5-2-1-3-6-10/h5-16H2,1-4H3;1-3,5-6,9H,4,7-8H2/q+1;. The first-order valence-corrected chi connectivity index (χ1v) is 17.0. The van der Waals surface area contributed by atoms with Crippen LogP contribution in [0.15, 0.2) is 36.5 Å². The van der Waals surface area contributed by atoms with E-state index in [9.17, 15) is 0 Å². The maximum absolute atomic E-state index is 4.38. The molecule has 0 radical (unpaired) electrons. The summed E-state index contributed by atoms with van der Waals surface area (Å²) in [5.41, 5.74) is 2.87. The van der Waals surface area contributed by atoms with Crippen LogP contribution in [0.5, 0.6) is 0 Å². The Bertz CT molecular complexity index is 758. The van der Waals surface area contributed by atoms with Crippen molar-refractivity contribution in [1.29, 1.82) is 0 Å². The Morgan fingerprint density at radius 3 is 1.60 bits per heavy atom. The first kappa shape index (κ1) is 33.5. The number of aryl methyl sites for hydroxylation is 1. The lowest BCUT2D eigenvalue weighted by atomic mass is 10.1. The predicted octanol–water partition coefficient (Wildman–Crippen LogP) is 10.1. The molecule has 1 aromatic carbocycles. The molecule has 0 aliphatic carbocycles. The zero-order valence-corrected chi connectivity index (χ0v) is 29.1. The molecule has 0 fully saturated rings. The summed E-state index contributed by atoms with van der Waals surface area (Å²) in [5, 5.41) is 0. The van der Waals surface area contributed by atoms with Crippen molar-refractivity contribution >= 4 is 67.8 Å². The van der Waals surface area contributed by atoms with Crippen molar-refractivity contribution in [3.63, 3.8) is 0 Å². The maximum Gasteiger partial charge on any atom is 0.114 e. The molecule has 0 N–H and O–H groups in total. The average molecular weight is 817 g/mol. The molecule has 1 heterocycles. The van der Waals surface area contributed by atoms with Gasteiger partial charge in [-0.2, -0.15) is 0 Å². The fourth-order valence-corrected chi connectivity index (χ4v) is 6.82. The van der Waals surface area contributed by atoms with Gasteiger partial charge in [0.05, 0.1) is 26.2 Å². The number of hydrogen-bond donors (Lipinski definition) is 0. The summed E-state index contributed by atoms with van der Waals surface area (Å²) in [6, 6.07) is 10.7. The molecule has 2 nitrogen and oxygen atoms in total. The fraction of sp³-hybridized carbons (Fsp3) is 0.633. The number of pyridine rings is 1. The number of benzene rings is 1. The third-order valence-corrected chi connectivity index (χ3v) is 10.6. The monoisotopic (exact) mass is 817 g/mol. The van der Waals surface area contributed by atoms with Gasteiger partial charge < -0.3 is 4.48 Å². The molecular formula is C30H48I3N2+. The average Bonchev–Trinajstić information content (AvgIpc) is 2.88. The van der Waals surface area contributed by atoms with Crippen molar-refractivity contribution in [3.05, 3.63) is 58.5 Å². The van der Waals surface area contributed by atoms with Crippen molar-refractivity contribution in [2.45, 2.75) is 98.3 Å². The van der Waals surface area contributed by atoms with E-state index in [0.29, 0.717) is 0 Å². The summed E-state index contributed by atoms with van der Waals surface area (Å²) in [4.78, 5) is 4.38. The summed E-state index contributed by atoms with van der Waals surface area (Å²) in [6.07, 6.45) is 16.5. The van der Waals surface area contributed by atoms with Crippen molar-refractivity contribution in [1.82, 2.24) is 4.98 Å². The second-order valence-electron chi connectivity index (χ2n) is 9.68. The van der Waals surface area contributed by atoms with Crippen LogP contribution in [0.25, 0.3) is 0 Å². The molecular weight excluding hydrogens is 769 g/mol. The van der Waals surface area contributed by atoms with E-state index in [4.69, 9.17) is 0 Å². The fourth-order valence-electron chi connectivity index (χ4n) is 4.47. The third kappa shape index (κ3) is 13.8. The number of rotatable bonds is 16. The molecule has 0 unspecified atom stereocenters. The SMILES string of the molecule is CCCC[N+](CCCC)(CCCC)CCCC.Ic1cnc(I)c(I)c1CCCc1ccccc1. The molecule has 198 valence electrons. The first-order valence-electron chi connectivity index (χ1n) is 13.8. The van der Waals surface area contributed by atoms with Crippen LogP contribution in [-0.2, 0) is 12.8 Å². The lowest BCUT2D eigenvalue weighted by Gasteiger charge is -2.39. The van der Waals surface area contributed by atoms with Crippen LogP contribution in [0, 0.1) is 10.8 Å². The zero-order chi connectivity index (χ0) is 25.9. The van der Waals surface area contributed by atoms with Gasteiger partial charge in [-0.1, -0.05) is 83.7 Å². The van der Waals surface area contributed by atoms with E-state index in [-0.39, 0.29) is 0 Å². The van der Waals surface area contributed by atoms with E-state index in [1.807, 2.05) is 6.20 Å². The molecule has 0 aliphatic heterocycles. The van der Waals surface area contributed by atoms with Gasteiger partial charge in [0.1, 0.15) is 3.70 Å². The Kier molecular flexibility index (Phi) is 19.6. The summed E-state index contributed by atoms with van der Waals surface area (Å²) in [6.45, 7) is 15.0. The van der Waals surface area contributed by atoms with E-state index in [1.54, 1.807) is 0 Å². The van der Waals surface area contributed by atoms with E-state index >= 15 is 0 Å². The van der Waals surface area contributed by atoms with Gasteiger partial charge in [0.2, 0.25) is 0 Å². The van der Waals surface area contributed by atoms with Gasteiger partial charge in [-0.05, 0) is 124 Å². The van der Waals surface area contributed by atoms with Gasteiger partial charge in [-0.25, -0.2) is 4.98 Å². The van der Waals surface area contributed by atoms with E-state index < -0.39 is 0 Å². The molecule has 0 amide bonds. The topological polar surface area (TPSA) is 12.9 Å². The normalized spacial score (nSPS) is 11.3. The summed E-state index contributed by atoms with van der Waals surface area (Å²) in [5.74, 6) is 0. The molecule has 0 bridgehead atoms. The highest BCUT2D eigenvalue weighted by Crippen LogP contribution is 2.24. The number of nitrogens with zero attached hydrogens (tertiary/aromatic N) is 2. The smallest absolute Gasteiger partial charge is 0.114 e. The van der Waals surface area contributed by atoms with Crippen LogP contribution >= 0.6 is 67.8 Å². The molecule has 1 aromatic heterocycles. The summed E-state index contributed by atoms with van der Waals surface area (Å²) < 4.78 is 5.13. The number of hydrogen-bond acceptors (Lipinski definition) is 1. The van der Waals surface area contributed by atoms with Gasteiger partial charge in [0, 0.05) is 13.3 Å². The Labute approximate surface area is 257 Å². The summed E-state index contributed by atoms with van der Waals surface area (Å²) in [7, 11) is 0. The Morgan fingerprint density at radius 2 is 1.14 bits per heavy atom. The molecule has 5 heteroatoms. The molecule has 0 aliphatic rings. The number of aromatic nitrogens is 1. The van der Waals surface area contributed by atoms with E-state index in [2.05, 4.69) is 131 Å². The Balaban J connectivity index is 0.000000351.